The van der Waals surface area contributed by atoms with Crippen LogP contribution in [0.4, 0.5) is 10.1 Å². The van der Waals surface area contributed by atoms with Gasteiger partial charge in [-0.2, -0.15) is 0 Å². The molecule has 2 aromatic rings. The molecule has 20 heavy (non-hydrogen) atoms. The Morgan fingerprint density at radius 1 is 1.30 bits per heavy atom. The van der Waals surface area contributed by atoms with Gasteiger partial charge in [-0.1, -0.05) is 0 Å². The molecule has 3 rings (SSSR count). The second-order valence-corrected chi connectivity index (χ2v) is 8.65. The van der Waals surface area contributed by atoms with Gasteiger partial charge in [-0.05, 0) is 40.2 Å². The number of benzene rings is 1. The molecule has 0 fully saturated rings. The van der Waals surface area contributed by atoms with E-state index in [0.29, 0.717) is 5.75 Å². The number of ether oxygens (including phenoxy) is 1. The van der Waals surface area contributed by atoms with Crippen molar-refractivity contribution in [1.82, 2.24) is 0 Å². The molecule has 2 heterocycles. The normalized spacial score (nSPS) is 14.8. The number of thiophene rings is 1. The first-order chi connectivity index (χ1) is 9.48. The lowest BCUT2D eigenvalue weighted by atomic mass is 10.2. The van der Waals surface area contributed by atoms with Crippen molar-refractivity contribution in [2.24, 2.45) is 0 Å². The zero-order valence-corrected chi connectivity index (χ0v) is 13.3. The molecule has 0 radical (unpaired) electrons. The van der Waals surface area contributed by atoms with Crippen molar-refractivity contribution in [3.8, 4) is 5.75 Å². The van der Waals surface area contributed by atoms with Gasteiger partial charge in [0.25, 0.3) is 10.0 Å². The fourth-order valence-corrected chi connectivity index (χ4v) is 5.54. The Kier molecular flexibility index (Phi) is 3.47. The number of nitrogens with zero attached hydrogens (tertiary/aromatic N) is 1. The van der Waals surface area contributed by atoms with Crippen molar-refractivity contribution < 1.29 is 17.5 Å². The summed E-state index contributed by atoms with van der Waals surface area (Å²) in [5, 5.41) is 0. The lowest BCUT2D eigenvalue weighted by molar-refractivity contribution is 0.315. The summed E-state index contributed by atoms with van der Waals surface area (Å²) in [5.41, 5.74) is 0.237. The monoisotopic (exact) mass is 377 g/mol. The van der Waals surface area contributed by atoms with E-state index in [-0.39, 0.29) is 23.0 Å². The van der Waals surface area contributed by atoms with Crippen LogP contribution in [0.3, 0.4) is 0 Å². The maximum Gasteiger partial charge on any atom is 0.274 e. The van der Waals surface area contributed by atoms with E-state index >= 15 is 0 Å². The van der Waals surface area contributed by atoms with Crippen LogP contribution in [-0.4, -0.2) is 21.6 Å². The molecule has 0 N–H and O–H groups in total. The van der Waals surface area contributed by atoms with Crippen LogP contribution in [0.2, 0.25) is 0 Å². The summed E-state index contributed by atoms with van der Waals surface area (Å²) in [6, 6.07) is 7.06. The molecular formula is C12H9BrFNO3S2. The number of anilines is 1. The van der Waals surface area contributed by atoms with Gasteiger partial charge in [0.15, 0.2) is 0 Å². The molecule has 4 nitrogen and oxygen atoms in total. The molecule has 0 unspecified atom stereocenters. The highest BCUT2D eigenvalue weighted by Crippen LogP contribution is 2.37. The van der Waals surface area contributed by atoms with Gasteiger partial charge in [-0.3, -0.25) is 4.31 Å². The SMILES string of the molecule is O=S(=O)(c1ccc(Br)s1)N1CCOc2ccc(F)cc21. The van der Waals surface area contributed by atoms with Crippen LogP contribution >= 0.6 is 27.3 Å². The summed E-state index contributed by atoms with van der Waals surface area (Å²) in [5.74, 6) is -0.126. The van der Waals surface area contributed by atoms with E-state index in [4.69, 9.17) is 4.74 Å². The molecule has 1 aliphatic heterocycles. The molecule has 1 aliphatic rings. The summed E-state index contributed by atoms with van der Waals surface area (Å²) in [7, 11) is -3.70. The fourth-order valence-electron chi connectivity index (χ4n) is 1.96. The molecule has 0 bridgehead atoms. The highest BCUT2D eigenvalue weighted by atomic mass is 79.9. The van der Waals surface area contributed by atoms with Gasteiger partial charge in [0, 0.05) is 6.07 Å². The Hall–Kier alpha value is -1.12. The van der Waals surface area contributed by atoms with Crippen molar-refractivity contribution in [2.45, 2.75) is 4.21 Å². The lowest BCUT2D eigenvalue weighted by Crippen LogP contribution is -2.37. The molecule has 1 aromatic heterocycles. The minimum atomic E-state index is -3.70. The highest BCUT2D eigenvalue weighted by Gasteiger charge is 2.31. The number of rotatable bonds is 2. The number of hydrogen-bond acceptors (Lipinski definition) is 4. The van der Waals surface area contributed by atoms with Crippen LogP contribution < -0.4 is 9.04 Å². The van der Waals surface area contributed by atoms with Crippen molar-refractivity contribution in [2.75, 3.05) is 17.5 Å². The van der Waals surface area contributed by atoms with Crippen LogP contribution in [0.5, 0.6) is 5.75 Å². The molecule has 8 heteroatoms. The number of hydrogen-bond donors (Lipinski definition) is 0. The van der Waals surface area contributed by atoms with Gasteiger partial charge in [0.1, 0.15) is 22.4 Å². The van der Waals surface area contributed by atoms with Crippen LogP contribution in [0, 0.1) is 5.82 Å². The quantitative estimate of drug-likeness (QED) is 0.806. The Morgan fingerprint density at radius 3 is 2.80 bits per heavy atom. The molecule has 0 spiro atoms. The van der Waals surface area contributed by atoms with E-state index in [1.807, 2.05) is 0 Å². The van der Waals surface area contributed by atoms with Gasteiger partial charge in [0.2, 0.25) is 0 Å². The summed E-state index contributed by atoms with van der Waals surface area (Å²) >= 11 is 4.36. The van der Waals surface area contributed by atoms with Crippen LogP contribution in [-0.2, 0) is 10.0 Å². The molecule has 0 atom stereocenters. The van der Waals surface area contributed by atoms with Crippen molar-refractivity contribution in [3.05, 3.63) is 39.9 Å². The summed E-state index contributed by atoms with van der Waals surface area (Å²) in [4.78, 5) is 0. The summed E-state index contributed by atoms with van der Waals surface area (Å²) in [6.07, 6.45) is 0. The zero-order valence-electron chi connectivity index (χ0n) is 10.0. The Morgan fingerprint density at radius 2 is 2.10 bits per heavy atom. The summed E-state index contributed by atoms with van der Waals surface area (Å²) in [6.45, 7) is 0.402. The van der Waals surface area contributed by atoms with Crippen molar-refractivity contribution in [3.63, 3.8) is 0 Å². The Labute approximate surface area is 128 Å². The standard InChI is InChI=1S/C12H9BrFNO3S2/c13-11-3-4-12(19-11)20(16,17)15-5-6-18-10-2-1-8(14)7-9(10)15/h1-4,7H,5-6H2. The Bertz CT molecular complexity index is 760. The number of halogens is 2. The Balaban J connectivity index is 2.10. The first-order valence-corrected chi connectivity index (χ1v) is 8.74. The lowest BCUT2D eigenvalue weighted by Gasteiger charge is -2.29. The van der Waals surface area contributed by atoms with Gasteiger partial charge >= 0.3 is 0 Å². The third-order valence-electron chi connectivity index (χ3n) is 2.83. The van der Waals surface area contributed by atoms with Crippen LogP contribution in [0.25, 0.3) is 0 Å². The first kappa shape index (κ1) is 13.8. The second kappa shape index (κ2) is 5.01. The summed E-state index contributed by atoms with van der Waals surface area (Å²) < 4.78 is 46.1. The number of sulfonamides is 1. The molecule has 0 amide bonds. The van der Waals surface area contributed by atoms with E-state index in [9.17, 15) is 12.8 Å². The second-order valence-electron chi connectivity index (χ2n) is 4.10. The third kappa shape index (κ3) is 2.32. The zero-order chi connectivity index (χ0) is 14.3. The molecule has 0 saturated carbocycles. The fraction of sp³-hybridized carbons (Fsp3) is 0.167. The average molecular weight is 378 g/mol. The van der Waals surface area contributed by atoms with Gasteiger partial charge in [-0.25, -0.2) is 12.8 Å². The van der Waals surface area contributed by atoms with Crippen molar-refractivity contribution >= 4 is 43.0 Å². The maximum absolute atomic E-state index is 13.4. The number of fused-ring (bicyclic) bond motifs is 1. The third-order valence-corrected chi connectivity index (χ3v) is 6.74. The molecule has 0 saturated heterocycles. The predicted octanol–water partition coefficient (Wildman–Crippen LogP) is 3.24. The minimum absolute atomic E-state index is 0.161. The van der Waals surface area contributed by atoms with Crippen molar-refractivity contribution in [1.29, 1.82) is 0 Å². The minimum Gasteiger partial charge on any atom is -0.489 e. The van der Waals surface area contributed by atoms with E-state index < -0.39 is 15.8 Å². The van der Waals surface area contributed by atoms with Crippen LogP contribution in [0.15, 0.2) is 38.3 Å². The van der Waals surface area contributed by atoms with E-state index in [0.717, 1.165) is 15.1 Å². The van der Waals surface area contributed by atoms with Crippen LogP contribution in [0.1, 0.15) is 0 Å². The largest absolute Gasteiger partial charge is 0.489 e. The predicted molar refractivity (Wildman–Crippen MR) is 78.4 cm³/mol. The van der Waals surface area contributed by atoms with Gasteiger partial charge in [0.05, 0.1) is 16.0 Å². The molecule has 106 valence electrons. The molecular weight excluding hydrogens is 369 g/mol. The van der Waals surface area contributed by atoms with E-state index in [1.165, 1.54) is 28.6 Å². The van der Waals surface area contributed by atoms with E-state index in [2.05, 4.69) is 15.9 Å². The maximum atomic E-state index is 13.4. The average Bonchev–Trinajstić information content (AvgIpc) is 2.85. The molecule has 1 aromatic carbocycles. The highest BCUT2D eigenvalue weighted by molar-refractivity contribution is 9.11. The molecule has 0 aliphatic carbocycles. The first-order valence-electron chi connectivity index (χ1n) is 5.69. The van der Waals surface area contributed by atoms with Gasteiger partial charge in [-0.15, -0.1) is 11.3 Å². The smallest absolute Gasteiger partial charge is 0.274 e. The van der Waals surface area contributed by atoms with Gasteiger partial charge < -0.3 is 4.74 Å². The van der Waals surface area contributed by atoms with E-state index in [1.54, 1.807) is 6.07 Å². The topological polar surface area (TPSA) is 46.6 Å².